The summed E-state index contributed by atoms with van der Waals surface area (Å²) in [7, 11) is 0. The van der Waals surface area contributed by atoms with Crippen molar-refractivity contribution in [2.75, 3.05) is 39.6 Å². The summed E-state index contributed by atoms with van der Waals surface area (Å²) in [5.74, 6) is -1.67. The third kappa shape index (κ3) is 54.3. The molecule has 8 aromatic rings. The molecule has 0 spiro atoms. The third-order valence-corrected chi connectivity index (χ3v) is 18.3. The van der Waals surface area contributed by atoms with Gasteiger partial charge in [0, 0.05) is 0 Å². The molecule has 0 aliphatic carbocycles. The van der Waals surface area contributed by atoms with Crippen LogP contribution in [0.15, 0.2) is 222 Å². The number of hydrogen-bond donors (Lipinski definition) is 6. The van der Waals surface area contributed by atoms with Gasteiger partial charge in [-0.15, -0.1) is 0 Å². The molecular formula is C88H80ClI6N6NaO19V6-6. The fraction of sp³-hybridized carbons (Fsp3) is 0.136. The van der Waals surface area contributed by atoms with E-state index in [-0.39, 0.29) is 107 Å². The summed E-state index contributed by atoms with van der Waals surface area (Å²) < 4.78 is 67.4. The molecule has 662 valence electrons. The van der Waals surface area contributed by atoms with Gasteiger partial charge in [0.05, 0.1) is 19.8 Å². The van der Waals surface area contributed by atoms with Crippen LogP contribution in [0.2, 0.25) is 5.02 Å². The van der Waals surface area contributed by atoms with Crippen LogP contribution in [0.3, 0.4) is 0 Å². The Morgan fingerprint density at radius 1 is 0.488 bits per heavy atom. The van der Waals surface area contributed by atoms with E-state index in [9.17, 15) is 43.8 Å². The SMILES string of the molecule is CCOC(=O)C(=CNC(=[C-]I)C=C[CH]=[V])C(=O)OCC.CCOC(=O)c1cnc(=[C-]I)c(=C[CH]=[V])c1O.CCOC=C(C(=O)OCC)C(=O)OCC.Clc1ccnc(=[C-]I)c1=C[CH]=[V].NC(=[C-]I)C=C[CH]=[V].O=C(O)c1cnc(=[C-]I)c(=C[CH]=[V])c1O.O=c1cc[nH]c(=[C-]I)c1=C[CH]=[V].[Na+].[OH-].c1ccc(Oc2ccccc2)cc1.c1ccc(Oc2ccccc2)cc1. The molecular weight excluding hydrogens is 2570 g/mol. The number of ether oxygens (including phenoxy) is 8. The second-order valence-corrected chi connectivity index (χ2v) is 28.0. The van der Waals surface area contributed by atoms with Crippen LogP contribution in [0.25, 0.3) is 40.6 Å². The Bertz CT molecular complexity index is 5430. The van der Waals surface area contributed by atoms with Crippen molar-refractivity contribution in [3.8, 4) is 34.5 Å². The van der Waals surface area contributed by atoms with Gasteiger partial charge in [-0.3, -0.25) is 0 Å². The second kappa shape index (κ2) is 81.2. The van der Waals surface area contributed by atoms with Crippen molar-refractivity contribution in [3.63, 3.8) is 0 Å². The standard InChI is InChI=1S/C13H15INO4.2C12H10O.C11H9INO3.C10H16O5.C9H5INO3.C8H4ClIN.C8H5INO.C5H5IN.Na.H2O.6V/c1-4-7-10(8-14)15-9-11(12(16)18-5-2)13(17)19-6-3;2*1-3-7-11(8-4-1)13-12-9-5-2-6-10-12;1-3-7-9(5-12)13-6-8(10(7)14)11(15)16-4-2;1-4-13-7-8(9(11)14-5-2)10(12)15-6-3;1-2-5-7(3-10)11-4-6(8(5)12)9(13)14;1-2-6-7(9)3-4-11-8(6)5-10;1-2-6-7(5-9)10-4-3-8(6)11;1-2-3-5(7)4-6;;;;;;;;/h1,4,7,9,15H,5-6H2,2-3H3;2*1-10H;1,3,6,14H,4H2,2H3;7H,4-6H2,1-3H3;1-2,4,12H,(H,13,14);1-4H;1-4,10H;1-3H,7H2;;1H2;;;;;;/q-1;;;-1;;4*-1;+1;;;;;;;/p-1. The number of pyridine rings is 4. The van der Waals surface area contributed by atoms with Gasteiger partial charge in [0.1, 0.15) is 29.3 Å². The number of aromatic carboxylic acids is 1. The number of benzene rings is 4. The molecule has 0 amide bonds. The van der Waals surface area contributed by atoms with Crippen LogP contribution in [-0.4, -0.2) is 145 Å². The van der Waals surface area contributed by atoms with Crippen molar-refractivity contribution in [1.29, 1.82) is 0 Å². The quantitative estimate of drug-likeness (QED) is 0.00276. The van der Waals surface area contributed by atoms with Gasteiger partial charge in [-0.25, -0.2) is 9.59 Å². The maximum absolute atomic E-state index is 11.7. The Hall–Kier alpha value is -5.54. The molecule has 4 heterocycles. The number of rotatable bonds is 27. The normalized spacial score (nSPS) is 11.2. The average molecular weight is 2650 g/mol. The molecule has 4 aromatic heterocycles. The average Bonchev–Trinajstić information content (AvgIpc) is 0.823. The van der Waals surface area contributed by atoms with Crippen LogP contribution in [-0.2, 0) is 149 Å². The number of carbonyl (C=O) groups is 6. The van der Waals surface area contributed by atoms with E-state index in [1.165, 1.54) is 18.5 Å². The first-order valence-corrected chi connectivity index (χ1v) is 47.5. The topological polar surface area (TPSA) is 377 Å². The van der Waals surface area contributed by atoms with Crippen molar-refractivity contribution in [1.82, 2.24) is 25.3 Å². The van der Waals surface area contributed by atoms with Gasteiger partial charge in [-0.05, 0) is 69.3 Å². The largest absolute Gasteiger partial charge is 1.00 e. The second-order valence-electron chi connectivity index (χ2n) is 21.5. The summed E-state index contributed by atoms with van der Waals surface area (Å²) in [6, 6.07) is 42.3. The predicted molar refractivity (Wildman–Crippen MR) is 521 cm³/mol. The van der Waals surface area contributed by atoms with Crippen molar-refractivity contribution in [3.05, 3.63) is 294 Å². The number of esters is 5. The Kier molecular flexibility index (Phi) is 80.3. The van der Waals surface area contributed by atoms with Gasteiger partial charge in [0.2, 0.25) is 0 Å². The van der Waals surface area contributed by atoms with Crippen molar-refractivity contribution >= 4 is 252 Å². The Balaban J connectivity index is -0.00000137. The Morgan fingerprint density at radius 2 is 0.866 bits per heavy atom. The number of carboxylic acid groups (broad SMARTS) is 1. The summed E-state index contributed by atoms with van der Waals surface area (Å²) in [5, 5.41) is 36.7. The van der Waals surface area contributed by atoms with Crippen LogP contribution in [0.4, 0.5) is 0 Å². The van der Waals surface area contributed by atoms with Gasteiger partial charge in [0.25, 0.3) is 0 Å². The zero-order chi connectivity index (χ0) is 93.5. The third-order valence-electron chi connectivity index (χ3n) is 13.3. The summed E-state index contributed by atoms with van der Waals surface area (Å²) >= 11 is 31.3. The number of carbonyl (C=O) groups excluding carboxylic acids is 5. The fourth-order valence-corrected chi connectivity index (χ4v) is 11.6. The maximum Gasteiger partial charge on any atom is 1.00 e. The van der Waals surface area contributed by atoms with Crippen molar-refractivity contribution in [2.24, 2.45) is 5.73 Å². The fourth-order valence-electron chi connectivity index (χ4n) is 7.92. The maximum atomic E-state index is 11.7. The summed E-state index contributed by atoms with van der Waals surface area (Å²) in [6.07, 6.45) is 22.0. The first kappa shape index (κ1) is 126. The molecule has 0 fully saturated rings. The zero-order valence-electron chi connectivity index (χ0n) is 68.7. The molecule has 4 aromatic carbocycles. The molecule has 0 bridgehead atoms. The number of nitrogens with two attached hydrogens (primary N) is 1. The monoisotopic (exact) mass is 2650 g/mol. The minimum atomic E-state index is -1.21. The van der Waals surface area contributed by atoms with E-state index in [2.05, 4.69) is 161 Å². The molecule has 0 aliphatic rings. The van der Waals surface area contributed by atoms with Gasteiger partial charge >= 0.3 is 676 Å². The van der Waals surface area contributed by atoms with Gasteiger partial charge in [-0.2, -0.15) is 0 Å². The molecule has 0 radical (unpaired) electrons. The van der Waals surface area contributed by atoms with Gasteiger partial charge < -0.3 is 29.2 Å². The first-order chi connectivity index (χ1) is 60.3. The van der Waals surface area contributed by atoms with Crippen molar-refractivity contribution < 1.29 is 219 Å². The number of allylic oxidation sites excluding steroid dienone is 4. The molecule has 25 nitrogen and oxygen atoms in total. The van der Waals surface area contributed by atoms with Crippen LogP contribution >= 0.6 is 147 Å². The van der Waals surface area contributed by atoms with Gasteiger partial charge in [-0.1, -0.05) is 72.8 Å². The number of aromatic hydroxyl groups is 2. The predicted octanol–water partition coefficient (Wildman–Crippen LogP) is 7.60. The number of nitrogens with zero attached hydrogens (tertiary/aromatic N) is 3. The number of aromatic nitrogens is 4. The number of aromatic amines is 1. The van der Waals surface area contributed by atoms with E-state index >= 15 is 0 Å². The Morgan fingerprint density at radius 3 is 1.23 bits per heavy atom. The minimum absolute atomic E-state index is 0. The van der Waals surface area contributed by atoms with E-state index < -0.39 is 35.8 Å². The number of nitrogens with one attached hydrogen (secondary N) is 2. The number of para-hydroxylation sites is 4. The van der Waals surface area contributed by atoms with Crippen molar-refractivity contribution in [2.45, 2.75) is 41.5 Å². The number of halogens is 7. The van der Waals surface area contributed by atoms with Crippen LogP contribution in [0, 0.1) is 8.17 Å². The summed E-state index contributed by atoms with van der Waals surface area (Å²) in [5.41, 5.74) is 6.04. The van der Waals surface area contributed by atoms with E-state index in [4.69, 9.17) is 50.9 Å². The minimum Gasteiger partial charge on any atom is -0.870 e. The van der Waals surface area contributed by atoms with E-state index in [1.54, 1.807) is 115 Å². The summed E-state index contributed by atoms with van der Waals surface area (Å²) in [4.78, 5) is 94.5. The number of hydrogen-bond acceptors (Lipinski definition) is 23. The van der Waals surface area contributed by atoms with Gasteiger partial charge in [0.15, 0.2) is 5.57 Å². The molecule has 0 atom stereocenters. The van der Waals surface area contributed by atoms with Crippen LogP contribution < -0.4 is 97.8 Å². The first-order valence-electron chi connectivity index (χ1n) is 35.8. The number of carboxylic acids is 1. The van der Waals surface area contributed by atoms with Crippen LogP contribution in [0.1, 0.15) is 62.3 Å². The smallest absolute Gasteiger partial charge is 0.870 e. The van der Waals surface area contributed by atoms with E-state index in [1.807, 2.05) is 278 Å². The van der Waals surface area contributed by atoms with Crippen LogP contribution in [0.5, 0.6) is 34.5 Å². The van der Waals surface area contributed by atoms with E-state index in [0.29, 0.717) is 49.4 Å². The molecule has 0 unspecified atom stereocenters. The molecule has 8 rings (SSSR count). The zero-order valence-corrected chi connectivity index (χ0v) is 92.7. The molecule has 0 saturated heterocycles. The van der Waals surface area contributed by atoms with E-state index in [0.717, 1.165) is 51.4 Å². The molecule has 0 saturated carbocycles. The molecule has 127 heavy (non-hydrogen) atoms. The molecule has 8 N–H and O–H groups in total. The number of H-pyrrole nitrogens is 1. The summed E-state index contributed by atoms with van der Waals surface area (Å²) in [6.45, 7) is 11.4. The Labute approximate surface area is 899 Å². The molecule has 0 aliphatic heterocycles. The molecule has 39 heteroatoms.